The zero-order valence-corrected chi connectivity index (χ0v) is 9.82. The lowest BCUT2D eigenvalue weighted by atomic mass is 10.2. The van der Waals surface area contributed by atoms with E-state index in [1.54, 1.807) is 0 Å². The largest absolute Gasteiger partial charge is 0.413 e. The Kier molecular flexibility index (Phi) is 5.28. The van der Waals surface area contributed by atoms with Crippen LogP contribution in [0.25, 0.3) is 0 Å². The van der Waals surface area contributed by atoms with Crippen molar-refractivity contribution < 1.29 is 4.43 Å². The molecule has 3 heteroatoms. The van der Waals surface area contributed by atoms with Crippen LogP contribution in [-0.4, -0.2) is 13.9 Å². The standard InChI is InChI=1S/C8H20OSi.H3N/c1-7-10(5,6)9-8(2,3)4;/h7H2,1-6H3;1H3. The minimum Gasteiger partial charge on any atom is -0.413 e. The Morgan fingerprint density at radius 1 is 1.18 bits per heavy atom. The minimum absolute atomic E-state index is 0. The van der Waals surface area contributed by atoms with Crippen LogP contribution in [0.2, 0.25) is 19.1 Å². The van der Waals surface area contributed by atoms with E-state index >= 15 is 0 Å². The Labute approximate surface area is 72.0 Å². The van der Waals surface area contributed by atoms with Crippen molar-refractivity contribution in [3.05, 3.63) is 0 Å². The van der Waals surface area contributed by atoms with Crippen molar-refractivity contribution in [2.75, 3.05) is 0 Å². The van der Waals surface area contributed by atoms with E-state index in [2.05, 4.69) is 40.8 Å². The van der Waals surface area contributed by atoms with Gasteiger partial charge in [0.05, 0.1) is 0 Å². The molecule has 0 saturated heterocycles. The van der Waals surface area contributed by atoms with Gasteiger partial charge in [-0.1, -0.05) is 6.92 Å². The lowest BCUT2D eigenvalue weighted by Crippen LogP contribution is -2.38. The second-order valence-corrected chi connectivity index (χ2v) is 8.76. The molecule has 2 nitrogen and oxygen atoms in total. The van der Waals surface area contributed by atoms with E-state index < -0.39 is 8.32 Å². The summed E-state index contributed by atoms with van der Waals surface area (Å²) in [5, 5.41) is 0. The highest BCUT2D eigenvalue weighted by Gasteiger charge is 2.25. The SMILES string of the molecule is CC[Si](C)(C)OC(C)(C)C.N. The van der Waals surface area contributed by atoms with E-state index in [1.807, 2.05) is 0 Å². The average molecular weight is 177 g/mol. The van der Waals surface area contributed by atoms with E-state index in [0.717, 1.165) is 0 Å². The van der Waals surface area contributed by atoms with Crippen molar-refractivity contribution >= 4 is 8.32 Å². The maximum Gasteiger partial charge on any atom is 0.187 e. The molecule has 0 atom stereocenters. The first-order valence-corrected chi connectivity index (χ1v) is 7.08. The summed E-state index contributed by atoms with van der Waals surface area (Å²) in [5.41, 5.74) is 0.0474. The predicted molar refractivity (Wildman–Crippen MR) is 53.8 cm³/mol. The van der Waals surface area contributed by atoms with Crippen LogP contribution in [0.4, 0.5) is 0 Å². The molecule has 0 aliphatic heterocycles. The Balaban J connectivity index is 0. The van der Waals surface area contributed by atoms with Crippen LogP contribution in [0.5, 0.6) is 0 Å². The van der Waals surface area contributed by atoms with Gasteiger partial charge in [0.15, 0.2) is 8.32 Å². The van der Waals surface area contributed by atoms with Gasteiger partial charge in [-0.3, -0.25) is 0 Å². The van der Waals surface area contributed by atoms with Crippen LogP contribution in [-0.2, 0) is 4.43 Å². The van der Waals surface area contributed by atoms with E-state index in [4.69, 9.17) is 4.43 Å². The third kappa shape index (κ3) is 8.04. The van der Waals surface area contributed by atoms with Gasteiger partial charge in [-0.2, -0.15) is 0 Å². The third-order valence-corrected chi connectivity index (χ3v) is 4.30. The van der Waals surface area contributed by atoms with Crippen LogP contribution >= 0.6 is 0 Å². The van der Waals surface area contributed by atoms with Crippen molar-refractivity contribution in [3.8, 4) is 0 Å². The first kappa shape index (κ1) is 13.7. The Bertz CT molecular complexity index is 107. The summed E-state index contributed by atoms with van der Waals surface area (Å²) in [6.07, 6.45) is 0. The van der Waals surface area contributed by atoms with Gasteiger partial charge in [0, 0.05) is 5.60 Å². The molecule has 0 bridgehead atoms. The molecule has 70 valence electrons. The minimum atomic E-state index is -1.31. The van der Waals surface area contributed by atoms with Gasteiger partial charge < -0.3 is 10.6 Å². The predicted octanol–water partition coefficient (Wildman–Crippen LogP) is 3.19. The van der Waals surface area contributed by atoms with Crippen LogP contribution in [0.1, 0.15) is 27.7 Å². The summed E-state index contributed by atoms with van der Waals surface area (Å²) in [6, 6.07) is 1.20. The molecule has 0 saturated carbocycles. The molecule has 0 spiro atoms. The molecule has 0 heterocycles. The summed E-state index contributed by atoms with van der Waals surface area (Å²) >= 11 is 0. The van der Waals surface area contributed by atoms with Crippen LogP contribution < -0.4 is 6.15 Å². The zero-order valence-electron chi connectivity index (χ0n) is 8.82. The zero-order chi connectivity index (χ0) is 8.41. The van der Waals surface area contributed by atoms with Gasteiger partial charge in [0.1, 0.15) is 0 Å². The molecule has 0 radical (unpaired) electrons. The fourth-order valence-electron chi connectivity index (χ4n) is 0.901. The van der Waals surface area contributed by atoms with Crippen molar-refractivity contribution in [1.82, 2.24) is 6.15 Å². The van der Waals surface area contributed by atoms with Crippen molar-refractivity contribution in [2.45, 2.75) is 52.4 Å². The molecular weight excluding hydrogens is 154 g/mol. The molecule has 3 N–H and O–H groups in total. The molecular formula is C8H23NOSi. The lowest BCUT2D eigenvalue weighted by molar-refractivity contribution is 0.120. The van der Waals surface area contributed by atoms with Crippen LogP contribution in [0.3, 0.4) is 0 Å². The van der Waals surface area contributed by atoms with Crippen molar-refractivity contribution in [2.24, 2.45) is 0 Å². The van der Waals surface area contributed by atoms with Gasteiger partial charge in [-0.25, -0.2) is 0 Å². The maximum absolute atomic E-state index is 5.91. The summed E-state index contributed by atoms with van der Waals surface area (Å²) < 4.78 is 5.91. The Hall–Kier alpha value is 0.137. The number of rotatable bonds is 2. The molecule has 0 aliphatic rings. The smallest absolute Gasteiger partial charge is 0.187 e. The molecule has 0 aromatic heterocycles. The molecule has 11 heavy (non-hydrogen) atoms. The summed E-state index contributed by atoms with van der Waals surface area (Å²) in [4.78, 5) is 0. The van der Waals surface area contributed by atoms with Crippen LogP contribution in [0.15, 0.2) is 0 Å². The first-order chi connectivity index (χ1) is 4.27. The molecule has 0 aliphatic carbocycles. The number of hydrogen-bond acceptors (Lipinski definition) is 2. The highest BCUT2D eigenvalue weighted by atomic mass is 28.4. The summed E-state index contributed by atoms with van der Waals surface area (Å²) in [6.45, 7) is 13.1. The Morgan fingerprint density at radius 3 is 1.64 bits per heavy atom. The van der Waals surface area contributed by atoms with E-state index in [-0.39, 0.29) is 11.8 Å². The van der Waals surface area contributed by atoms with Gasteiger partial charge in [0.2, 0.25) is 0 Å². The van der Waals surface area contributed by atoms with E-state index in [9.17, 15) is 0 Å². The lowest BCUT2D eigenvalue weighted by Gasteiger charge is -2.31. The fourth-order valence-corrected chi connectivity index (χ4v) is 2.70. The van der Waals surface area contributed by atoms with Gasteiger partial charge in [0.25, 0.3) is 0 Å². The normalized spacial score (nSPS) is 12.5. The van der Waals surface area contributed by atoms with Crippen molar-refractivity contribution in [3.63, 3.8) is 0 Å². The molecule has 0 aromatic rings. The van der Waals surface area contributed by atoms with E-state index in [1.165, 1.54) is 6.04 Å². The summed E-state index contributed by atoms with van der Waals surface area (Å²) in [7, 11) is -1.31. The maximum atomic E-state index is 5.91. The fraction of sp³-hybridized carbons (Fsp3) is 1.00. The topological polar surface area (TPSA) is 44.2 Å². The van der Waals surface area contributed by atoms with Gasteiger partial charge in [-0.15, -0.1) is 0 Å². The number of hydrogen-bond donors (Lipinski definition) is 1. The molecule has 0 aromatic carbocycles. The van der Waals surface area contributed by atoms with E-state index in [0.29, 0.717) is 0 Å². The second kappa shape index (κ2) is 4.23. The first-order valence-electron chi connectivity index (χ1n) is 3.97. The highest BCUT2D eigenvalue weighted by molar-refractivity contribution is 6.71. The summed E-state index contributed by atoms with van der Waals surface area (Å²) in [5.74, 6) is 0. The van der Waals surface area contributed by atoms with Crippen molar-refractivity contribution in [1.29, 1.82) is 0 Å². The second-order valence-electron chi connectivity index (χ2n) is 4.33. The monoisotopic (exact) mass is 177 g/mol. The van der Waals surface area contributed by atoms with Gasteiger partial charge in [-0.05, 0) is 39.9 Å². The Morgan fingerprint density at radius 2 is 1.55 bits per heavy atom. The highest BCUT2D eigenvalue weighted by Crippen LogP contribution is 2.19. The quantitative estimate of drug-likeness (QED) is 0.658. The molecule has 0 fully saturated rings. The van der Waals surface area contributed by atoms with Crippen LogP contribution in [0, 0.1) is 0 Å². The molecule has 0 amide bonds. The molecule has 0 rings (SSSR count). The average Bonchev–Trinajstić information content (AvgIpc) is 1.60. The van der Waals surface area contributed by atoms with Gasteiger partial charge >= 0.3 is 0 Å². The third-order valence-electron chi connectivity index (χ3n) is 1.43. The molecule has 0 unspecified atom stereocenters.